The summed E-state index contributed by atoms with van der Waals surface area (Å²) in [6, 6.07) is 13.1. The molecule has 0 saturated carbocycles. The molecule has 2 atom stereocenters. The monoisotopic (exact) mass is 343 g/mol. The van der Waals surface area contributed by atoms with Gasteiger partial charge >= 0.3 is 0 Å². The van der Waals surface area contributed by atoms with Gasteiger partial charge in [-0.05, 0) is 24.3 Å². The molecular formula is C18H15F2N3O2. The highest BCUT2D eigenvalue weighted by Gasteiger charge is 2.72. The summed E-state index contributed by atoms with van der Waals surface area (Å²) in [5.41, 5.74) is -4.87. The summed E-state index contributed by atoms with van der Waals surface area (Å²) in [5, 5.41) is 0. The maximum absolute atomic E-state index is 15.3. The molecule has 0 N–H and O–H groups in total. The molecule has 128 valence electrons. The topological polar surface area (TPSA) is 53.5 Å². The molecule has 0 bridgehead atoms. The van der Waals surface area contributed by atoms with Gasteiger partial charge in [-0.15, -0.1) is 0 Å². The van der Waals surface area contributed by atoms with Crippen LogP contribution in [-0.2, 0) is 4.79 Å². The van der Waals surface area contributed by atoms with Crippen LogP contribution in [0.2, 0.25) is 0 Å². The van der Waals surface area contributed by atoms with E-state index in [0.29, 0.717) is 5.56 Å². The lowest BCUT2D eigenvalue weighted by molar-refractivity contribution is -0.130. The number of aromatic nitrogens is 1. The lowest BCUT2D eigenvalue weighted by Gasteiger charge is -2.22. The number of hydrogen-bond donors (Lipinski definition) is 0. The second kappa shape index (κ2) is 5.34. The van der Waals surface area contributed by atoms with Gasteiger partial charge in [-0.3, -0.25) is 14.5 Å². The van der Waals surface area contributed by atoms with Gasteiger partial charge in [0.1, 0.15) is 5.82 Å². The Labute approximate surface area is 142 Å². The largest absolute Gasteiger partial charge is 0.331 e. The number of nitrogens with zero attached hydrogens (tertiary/aromatic N) is 3. The van der Waals surface area contributed by atoms with E-state index in [4.69, 9.17) is 0 Å². The van der Waals surface area contributed by atoms with Crippen LogP contribution >= 0.6 is 0 Å². The zero-order valence-electron chi connectivity index (χ0n) is 13.2. The number of fused-ring (bicyclic) bond motifs is 1. The maximum Gasteiger partial charge on any atom is 0.271 e. The Balaban J connectivity index is 1.62. The number of carbonyl (C=O) groups excluding carboxylic acids is 2. The van der Waals surface area contributed by atoms with Crippen LogP contribution in [0.3, 0.4) is 0 Å². The van der Waals surface area contributed by atoms with Crippen molar-refractivity contribution in [2.45, 2.75) is 11.3 Å². The molecular weight excluding hydrogens is 328 g/mol. The van der Waals surface area contributed by atoms with Gasteiger partial charge in [0.25, 0.3) is 11.8 Å². The first-order valence-electron chi connectivity index (χ1n) is 7.90. The van der Waals surface area contributed by atoms with Gasteiger partial charge < -0.3 is 4.90 Å². The molecule has 0 unspecified atom stereocenters. The Kier molecular flexibility index (Phi) is 3.35. The first kappa shape index (κ1) is 15.7. The molecule has 2 aliphatic rings. The predicted molar refractivity (Wildman–Crippen MR) is 86.6 cm³/mol. The van der Waals surface area contributed by atoms with Gasteiger partial charge in [0, 0.05) is 11.8 Å². The highest BCUT2D eigenvalue weighted by Crippen LogP contribution is 2.46. The number of pyridine rings is 1. The predicted octanol–water partition coefficient (Wildman–Crippen LogP) is 2.00. The van der Waals surface area contributed by atoms with E-state index in [2.05, 4.69) is 4.98 Å². The molecule has 2 amide bonds. The van der Waals surface area contributed by atoms with Crippen LogP contribution in [0.4, 0.5) is 14.6 Å². The van der Waals surface area contributed by atoms with Crippen LogP contribution in [0.25, 0.3) is 0 Å². The van der Waals surface area contributed by atoms with E-state index in [9.17, 15) is 9.59 Å². The summed E-state index contributed by atoms with van der Waals surface area (Å²) in [4.78, 5) is 31.1. The maximum atomic E-state index is 15.3. The van der Waals surface area contributed by atoms with Crippen molar-refractivity contribution in [3.63, 3.8) is 0 Å². The molecule has 7 heteroatoms. The van der Waals surface area contributed by atoms with Gasteiger partial charge in [-0.2, -0.15) is 0 Å². The molecule has 0 spiro atoms. The molecule has 2 saturated heterocycles. The van der Waals surface area contributed by atoms with Gasteiger partial charge in [0.05, 0.1) is 19.6 Å². The van der Waals surface area contributed by atoms with Crippen molar-refractivity contribution in [1.29, 1.82) is 0 Å². The number of likely N-dealkylation sites (tertiary alicyclic amines) is 1. The van der Waals surface area contributed by atoms with Crippen LogP contribution in [-0.4, -0.2) is 52.7 Å². The van der Waals surface area contributed by atoms with E-state index < -0.39 is 42.8 Å². The van der Waals surface area contributed by atoms with Crippen molar-refractivity contribution < 1.29 is 18.4 Å². The normalized spacial score (nSPS) is 28.3. The summed E-state index contributed by atoms with van der Waals surface area (Å²) in [6.07, 6.45) is 1.46. The number of carbonyl (C=O) groups is 2. The second-order valence-electron chi connectivity index (χ2n) is 6.37. The standard InChI is InChI=1S/C18H15F2N3O2/c19-17-10-22(15(24)13-6-2-1-3-7-13)12-18(17,20)16(25)23(11-17)14-8-4-5-9-21-14/h1-9H,10-12H2/t17-,18+/m0/s1. The Bertz CT molecular complexity index is 833. The zero-order chi connectivity index (χ0) is 17.7. The van der Waals surface area contributed by atoms with Crippen molar-refractivity contribution in [2.75, 3.05) is 24.5 Å². The van der Waals surface area contributed by atoms with E-state index >= 15 is 8.78 Å². The average molecular weight is 343 g/mol. The zero-order valence-corrected chi connectivity index (χ0v) is 13.2. The van der Waals surface area contributed by atoms with Crippen molar-refractivity contribution in [3.8, 4) is 0 Å². The number of amides is 2. The third kappa shape index (κ3) is 2.22. The molecule has 0 aliphatic carbocycles. The van der Waals surface area contributed by atoms with Crippen molar-refractivity contribution in [3.05, 3.63) is 60.3 Å². The van der Waals surface area contributed by atoms with Gasteiger partial charge in [0.2, 0.25) is 5.67 Å². The fourth-order valence-corrected chi connectivity index (χ4v) is 3.46. The summed E-state index contributed by atoms with van der Waals surface area (Å²) < 4.78 is 30.7. The first-order chi connectivity index (χ1) is 11.9. The fraction of sp³-hybridized carbons (Fsp3) is 0.278. The van der Waals surface area contributed by atoms with E-state index in [1.54, 1.807) is 42.5 Å². The molecule has 1 aromatic carbocycles. The number of halogens is 2. The van der Waals surface area contributed by atoms with Crippen LogP contribution in [0.5, 0.6) is 0 Å². The Morgan fingerprint density at radius 1 is 1.00 bits per heavy atom. The SMILES string of the molecule is O=C(c1ccccc1)N1C[C@]2(F)CN(c3ccccn3)C(=O)[C@]2(F)C1. The molecule has 5 nitrogen and oxygen atoms in total. The molecule has 0 radical (unpaired) electrons. The van der Waals surface area contributed by atoms with Crippen molar-refractivity contribution in [1.82, 2.24) is 9.88 Å². The molecule has 25 heavy (non-hydrogen) atoms. The van der Waals surface area contributed by atoms with E-state index in [1.807, 2.05) is 0 Å². The summed E-state index contributed by atoms with van der Waals surface area (Å²) in [7, 11) is 0. The van der Waals surface area contributed by atoms with Crippen molar-refractivity contribution in [2.24, 2.45) is 0 Å². The first-order valence-corrected chi connectivity index (χ1v) is 7.90. The molecule has 2 fully saturated rings. The van der Waals surface area contributed by atoms with Gasteiger partial charge in [0.15, 0.2) is 5.67 Å². The molecule has 4 rings (SSSR count). The minimum absolute atomic E-state index is 0.205. The van der Waals surface area contributed by atoms with Crippen molar-refractivity contribution >= 4 is 17.6 Å². The summed E-state index contributed by atoms with van der Waals surface area (Å²) >= 11 is 0. The Morgan fingerprint density at radius 2 is 1.72 bits per heavy atom. The Hall–Kier alpha value is -2.83. The lowest BCUT2D eigenvalue weighted by Crippen LogP contribution is -2.47. The summed E-state index contributed by atoms with van der Waals surface area (Å²) in [5.74, 6) is -1.27. The third-order valence-corrected chi connectivity index (χ3v) is 4.79. The van der Waals surface area contributed by atoms with E-state index in [1.165, 1.54) is 12.3 Å². The molecule has 2 aromatic rings. The lowest BCUT2D eigenvalue weighted by atomic mass is 9.93. The van der Waals surface area contributed by atoms with Crippen LogP contribution in [0, 0.1) is 0 Å². The van der Waals surface area contributed by atoms with Crippen LogP contribution < -0.4 is 4.90 Å². The average Bonchev–Trinajstić information content (AvgIpc) is 3.02. The smallest absolute Gasteiger partial charge is 0.271 e. The number of hydrogen-bond acceptors (Lipinski definition) is 3. The van der Waals surface area contributed by atoms with E-state index in [0.717, 1.165) is 9.80 Å². The fourth-order valence-electron chi connectivity index (χ4n) is 3.46. The second-order valence-corrected chi connectivity index (χ2v) is 6.37. The minimum Gasteiger partial charge on any atom is -0.331 e. The summed E-state index contributed by atoms with van der Waals surface area (Å²) in [6.45, 7) is -1.52. The number of rotatable bonds is 2. The molecule has 1 aromatic heterocycles. The number of anilines is 1. The molecule has 2 aliphatic heterocycles. The Morgan fingerprint density at radius 3 is 2.36 bits per heavy atom. The minimum atomic E-state index is -2.75. The van der Waals surface area contributed by atoms with Crippen LogP contribution in [0.15, 0.2) is 54.7 Å². The van der Waals surface area contributed by atoms with Gasteiger partial charge in [-0.25, -0.2) is 13.8 Å². The highest BCUT2D eigenvalue weighted by molar-refractivity contribution is 6.05. The highest BCUT2D eigenvalue weighted by atomic mass is 19.2. The van der Waals surface area contributed by atoms with Crippen LogP contribution in [0.1, 0.15) is 10.4 Å². The third-order valence-electron chi connectivity index (χ3n) is 4.79. The quantitative estimate of drug-likeness (QED) is 0.838. The van der Waals surface area contributed by atoms with E-state index in [-0.39, 0.29) is 5.82 Å². The number of benzene rings is 1. The molecule has 3 heterocycles. The number of alkyl halides is 2. The van der Waals surface area contributed by atoms with Gasteiger partial charge in [-0.1, -0.05) is 24.3 Å².